The first-order valence-corrected chi connectivity index (χ1v) is 8.52. The number of alkyl halides is 3. The molecular weight excluding hydrogens is 337 g/mol. The van der Waals surface area contributed by atoms with Gasteiger partial charge in [0.25, 0.3) is 0 Å². The third kappa shape index (κ3) is 5.26. The van der Waals surface area contributed by atoms with Crippen LogP contribution in [0.5, 0.6) is 0 Å². The van der Waals surface area contributed by atoms with Crippen molar-refractivity contribution in [1.29, 1.82) is 0 Å². The highest BCUT2D eigenvalue weighted by Crippen LogP contribution is 2.29. The minimum absolute atomic E-state index is 0.0314. The van der Waals surface area contributed by atoms with Crippen LogP contribution in [0.2, 0.25) is 0 Å². The van der Waals surface area contributed by atoms with Crippen molar-refractivity contribution < 1.29 is 18.0 Å². The molecule has 2 rings (SSSR count). The van der Waals surface area contributed by atoms with Crippen LogP contribution in [0.1, 0.15) is 35.4 Å². The Bertz CT molecular complexity index is 639. The molecule has 2 amide bonds. The van der Waals surface area contributed by atoms with Crippen molar-refractivity contribution in [3.05, 3.63) is 57.8 Å². The molecule has 24 heavy (non-hydrogen) atoms. The van der Waals surface area contributed by atoms with Crippen LogP contribution in [0.4, 0.5) is 18.0 Å². The Hall–Kier alpha value is -2.02. The van der Waals surface area contributed by atoms with Gasteiger partial charge in [-0.05, 0) is 42.0 Å². The number of benzene rings is 1. The Labute approximate surface area is 142 Å². The summed E-state index contributed by atoms with van der Waals surface area (Å²) in [5.41, 5.74) is 0.0762. The third-order valence-electron chi connectivity index (χ3n) is 3.58. The molecule has 7 heteroatoms. The summed E-state index contributed by atoms with van der Waals surface area (Å²) in [5, 5.41) is 7.59. The van der Waals surface area contributed by atoms with Crippen LogP contribution in [0.3, 0.4) is 0 Å². The van der Waals surface area contributed by atoms with Gasteiger partial charge in [0.05, 0.1) is 11.6 Å². The third-order valence-corrected chi connectivity index (χ3v) is 4.57. The molecule has 1 aromatic heterocycles. The largest absolute Gasteiger partial charge is 0.416 e. The lowest BCUT2D eigenvalue weighted by molar-refractivity contribution is -0.137. The molecule has 2 N–H and O–H groups in total. The van der Waals surface area contributed by atoms with Crippen molar-refractivity contribution in [1.82, 2.24) is 10.6 Å². The first kappa shape index (κ1) is 18.3. The number of urea groups is 1. The number of rotatable bonds is 6. The molecule has 1 heterocycles. The molecule has 0 radical (unpaired) electrons. The van der Waals surface area contributed by atoms with E-state index in [9.17, 15) is 18.0 Å². The van der Waals surface area contributed by atoms with E-state index in [0.29, 0.717) is 13.0 Å². The lowest BCUT2D eigenvalue weighted by atomic mass is 10.1. The monoisotopic (exact) mass is 356 g/mol. The number of halogens is 3. The average molecular weight is 356 g/mol. The van der Waals surface area contributed by atoms with E-state index in [4.69, 9.17) is 0 Å². The number of thiophene rings is 1. The van der Waals surface area contributed by atoms with E-state index >= 15 is 0 Å². The highest BCUT2D eigenvalue weighted by molar-refractivity contribution is 7.10. The first-order chi connectivity index (χ1) is 11.4. The molecule has 0 saturated heterocycles. The van der Waals surface area contributed by atoms with Crippen LogP contribution in [-0.2, 0) is 12.6 Å². The summed E-state index contributed by atoms with van der Waals surface area (Å²) in [5.74, 6) is 0. The smallest absolute Gasteiger partial charge is 0.338 e. The van der Waals surface area contributed by atoms with Crippen LogP contribution < -0.4 is 10.6 Å². The molecule has 0 saturated carbocycles. The van der Waals surface area contributed by atoms with Crippen LogP contribution in [0.15, 0.2) is 41.8 Å². The maximum absolute atomic E-state index is 12.5. The van der Waals surface area contributed by atoms with Gasteiger partial charge in [0, 0.05) is 11.4 Å². The standard InChI is InChI=1S/C17H19F3N2OS/c1-2-14(15-4-3-11-24-15)22-16(23)21-10-9-12-5-7-13(8-6-12)17(18,19)20/h3-8,11,14H,2,9-10H2,1H3,(H2,21,22,23). The number of carbonyl (C=O) groups is 1. The highest BCUT2D eigenvalue weighted by atomic mass is 32.1. The van der Waals surface area contributed by atoms with E-state index in [1.165, 1.54) is 12.1 Å². The molecule has 1 atom stereocenters. The van der Waals surface area contributed by atoms with Crippen molar-refractivity contribution in [3.63, 3.8) is 0 Å². The fourth-order valence-electron chi connectivity index (χ4n) is 2.25. The summed E-state index contributed by atoms with van der Waals surface area (Å²) < 4.78 is 37.5. The fraction of sp³-hybridized carbons (Fsp3) is 0.353. The molecule has 0 aliphatic rings. The topological polar surface area (TPSA) is 41.1 Å². The second kappa shape index (κ2) is 8.19. The Balaban J connectivity index is 1.78. The predicted molar refractivity (Wildman–Crippen MR) is 89.0 cm³/mol. The second-order valence-corrected chi connectivity index (χ2v) is 6.30. The van der Waals surface area contributed by atoms with E-state index in [1.54, 1.807) is 11.3 Å². The van der Waals surface area contributed by atoms with Gasteiger partial charge in [-0.3, -0.25) is 0 Å². The van der Waals surface area contributed by atoms with Crippen LogP contribution in [0, 0.1) is 0 Å². The zero-order valence-electron chi connectivity index (χ0n) is 13.2. The summed E-state index contributed by atoms with van der Waals surface area (Å²) >= 11 is 1.59. The maximum Gasteiger partial charge on any atom is 0.416 e. The normalized spacial score (nSPS) is 12.7. The molecule has 130 valence electrons. The zero-order chi connectivity index (χ0) is 17.6. The van der Waals surface area contributed by atoms with Crippen molar-refractivity contribution in [2.45, 2.75) is 32.0 Å². The number of nitrogens with one attached hydrogen (secondary N) is 2. The van der Waals surface area contributed by atoms with Crippen LogP contribution in [0.25, 0.3) is 0 Å². The SMILES string of the molecule is CCC(NC(=O)NCCc1ccc(C(F)(F)F)cc1)c1cccs1. The van der Waals surface area contributed by atoms with Gasteiger partial charge < -0.3 is 10.6 Å². The summed E-state index contributed by atoms with van der Waals surface area (Å²) in [6.45, 7) is 2.35. The molecule has 2 aromatic rings. The Morgan fingerprint density at radius 3 is 2.46 bits per heavy atom. The van der Waals surface area contributed by atoms with Gasteiger partial charge in [-0.2, -0.15) is 13.2 Å². The van der Waals surface area contributed by atoms with Crippen molar-refractivity contribution in [2.24, 2.45) is 0 Å². The molecule has 0 bridgehead atoms. The van der Waals surface area contributed by atoms with Crippen LogP contribution in [-0.4, -0.2) is 12.6 Å². The molecule has 0 fully saturated rings. The van der Waals surface area contributed by atoms with Gasteiger partial charge in [0.2, 0.25) is 0 Å². The first-order valence-electron chi connectivity index (χ1n) is 7.64. The maximum atomic E-state index is 12.5. The van der Waals surface area contributed by atoms with Crippen molar-refractivity contribution >= 4 is 17.4 Å². The lowest BCUT2D eigenvalue weighted by Crippen LogP contribution is -2.38. The minimum atomic E-state index is -4.33. The Morgan fingerprint density at radius 1 is 1.21 bits per heavy atom. The van der Waals surface area contributed by atoms with E-state index < -0.39 is 11.7 Å². The van der Waals surface area contributed by atoms with E-state index in [-0.39, 0.29) is 12.1 Å². The van der Waals surface area contributed by atoms with Crippen molar-refractivity contribution in [3.8, 4) is 0 Å². The van der Waals surface area contributed by atoms with Gasteiger partial charge in [-0.15, -0.1) is 11.3 Å². The van der Waals surface area contributed by atoms with E-state index in [2.05, 4.69) is 10.6 Å². The average Bonchev–Trinajstić information content (AvgIpc) is 3.06. The van der Waals surface area contributed by atoms with E-state index in [1.807, 2.05) is 24.4 Å². The number of hydrogen-bond donors (Lipinski definition) is 2. The van der Waals surface area contributed by atoms with Gasteiger partial charge in [0.15, 0.2) is 0 Å². The van der Waals surface area contributed by atoms with Gasteiger partial charge >= 0.3 is 12.2 Å². The second-order valence-electron chi connectivity index (χ2n) is 5.32. The fourth-order valence-corrected chi connectivity index (χ4v) is 3.12. The van der Waals surface area contributed by atoms with Crippen LogP contribution >= 0.6 is 11.3 Å². The predicted octanol–water partition coefficient (Wildman–Crippen LogP) is 4.76. The molecule has 0 aliphatic heterocycles. The Morgan fingerprint density at radius 2 is 1.92 bits per heavy atom. The van der Waals surface area contributed by atoms with Gasteiger partial charge in [-0.1, -0.05) is 25.1 Å². The molecule has 1 unspecified atom stereocenters. The summed E-state index contributed by atoms with van der Waals surface area (Å²) in [6.07, 6.45) is -3.07. The summed E-state index contributed by atoms with van der Waals surface area (Å²) in [4.78, 5) is 13.0. The van der Waals surface area contributed by atoms with E-state index in [0.717, 1.165) is 29.0 Å². The number of amides is 2. The highest BCUT2D eigenvalue weighted by Gasteiger charge is 2.29. The minimum Gasteiger partial charge on any atom is -0.338 e. The molecule has 0 aliphatic carbocycles. The molecular formula is C17H19F3N2OS. The summed E-state index contributed by atoms with van der Waals surface area (Å²) in [6, 6.07) is 8.58. The van der Waals surface area contributed by atoms with Gasteiger partial charge in [-0.25, -0.2) is 4.79 Å². The number of carbonyl (C=O) groups excluding carboxylic acids is 1. The quantitative estimate of drug-likeness (QED) is 0.770. The summed E-state index contributed by atoms with van der Waals surface area (Å²) in [7, 11) is 0. The lowest BCUT2D eigenvalue weighted by Gasteiger charge is -2.16. The molecule has 3 nitrogen and oxygen atoms in total. The van der Waals surface area contributed by atoms with Crippen molar-refractivity contribution in [2.75, 3.05) is 6.54 Å². The Kier molecular flexibility index (Phi) is 6.25. The molecule has 0 spiro atoms. The van der Waals surface area contributed by atoms with Gasteiger partial charge in [0.1, 0.15) is 0 Å². The molecule has 1 aromatic carbocycles. The zero-order valence-corrected chi connectivity index (χ0v) is 14.0. The number of hydrogen-bond acceptors (Lipinski definition) is 2.